The van der Waals surface area contributed by atoms with Crippen LogP contribution in [0.2, 0.25) is 5.02 Å². The molecule has 172 valence electrons. The Morgan fingerprint density at radius 1 is 1.00 bits per heavy atom. The highest BCUT2D eigenvalue weighted by Gasteiger charge is 2.22. The second-order valence-corrected chi connectivity index (χ2v) is 7.76. The summed E-state index contributed by atoms with van der Waals surface area (Å²) in [6.45, 7) is 0. The predicted octanol–water partition coefficient (Wildman–Crippen LogP) is 3.52. The Kier molecular flexibility index (Phi) is 5.50. The summed E-state index contributed by atoms with van der Waals surface area (Å²) in [5.41, 5.74) is 4.23. The van der Waals surface area contributed by atoms with E-state index in [4.69, 9.17) is 25.8 Å². The van der Waals surface area contributed by atoms with E-state index < -0.39 is 5.97 Å². The van der Waals surface area contributed by atoms with Crippen molar-refractivity contribution in [2.45, 2.75) is 6.42 Å². The normalized spacial score (nSPS) is 11.2. The molecule has 3 aromatic heterocycles. The Morgan fingerprint density at radius 3 is 2.47 bits per heavy atom. The number of halogens is 1. The smallest absolute Gasteiger partial charge is 0.311 e. The molecule has 10 nitrogen and oxygen atoms in total. The summed E-state index contributed by atoms with van der Waals surface area (Å²) in [6, 6.07) is 12.7. The minimum Gasteiger partial charge on any atom is -0.493 e. The molecule has 0 amide bonds. The highest BCUT2D eigenvalue weighted by Crippen LogP contribution is 2.34. The fourth-order valence-electron chi connectivity index (χ4n) is 3.73. The summed E-state index contributed by atoms with van der Waals surface area (Å²) in [7, 11) is 4.49. The third-order valence-electron chi connectivity index (χ3n) is 5.40. The molecule has 3 heterocycles. The van der Waals surface area contributed by atoms with Crippen LogP contribution in [0.15, 0.2) is 48.7 Å². The monoisotopic (exact) mass is 478 g/mol. The molecule has 5 aromatic rings. The second-order valence-electron chi connectivity index (χ2n) is 7.32. The van der Waals surface area contributed by atoms with Crippen molar-refractivity contribution >= 4 is 34.4 Å². The van der Waals surface area contributed by atoms with Gasteiger partial charge in [0.15, 0.2) is 28.3 Å². The molecular formula is C23H19ClN6O4. The molecular weight excluding hydrogens is 460 g/mol. The van der Waals surface area contributed by atoms with Gasteiger partial charge in [-0.3, -0.25) is 4.79 Å². The minimum absolute atomic E-state index is 0.0580. The third kappa shape index (κ3) is 3.57. The lowest BCUT2D eigenvalue weighted by molar-refractivity contribution is -0.139. The van der Waals surface area contributed by atoms with Crippen LogP contribution >= 0.6 is 11.6 Å². The van der Waals surface area contributed by atoms with E-state index in [1.807, 2.05) is 30.3 Å². The van der Waals surface area contributed by atoms with Crippen LogP contribution in [0.3, 0.4) is 0 Å². The van der Waals surface area contributed by atoms with Gasteiger partial charge < -0.3 is 14.2 Å². The van der Waals surface area contributed by atoms with Crippen molar-refractivity contribution < 1.29 is 19.0 Å². The van der Waals surface area contributed by atoms with Crippen LogP contribution in [0, 0.1) is 0 Å². The minimum atomic E-state index is -0.434. The first kappa shape index (κ1) is 21.7. The number of fused-ring (bicyclic) bond motifs is 3. The molecule has 0 aliphatic carbocycles. The van der Waals surface area contributed by atoms with Crippen LogP contribution in [0.4, 0.5) is 0 Å². The van der Waals surface area contributed by atoms with Crippen LogP contribution in [-0.4, -0.2) is 56.9 Å². The number of ether oxygens (including phenoxy) is 3. The average molecular weight is 479 g/mol. The number of carbonyl (C=O) groups is 1. The molecule has 0 fully saturated rings. The van der Waals surface area contributed by atoms with Crippen LogP contribution in [0.5, 0.6) is 11.5 Å². The maximum absolute atomic E-state index is 12.0. The standard InChI is InChI=1S/C23H19ClN6O4/c1-32-18-9-4-13(10-19(18)33-2)16-12-25-30-22(16)27-26-21-17(11-20(31)34-3)28-29(23(21)30)15-7-5-14(24)6-8-15/h4-10,12H,11H2,1-3H3. The summed E-state index contributed by atoms with van der Waals surface area (Å²) in [5, 5.41) is 18.6. The van der Waals surface area contributed by atoms with Crippen molar-refractivity contribution in [2.75, 3.05) is 21.3 Å². The lowest BCUT2D eigenvalue weighted by Crippen LogP contribution is -2.06. The van der Waals surface area contributed by atoms with Gasteiger partial charge in [0, 0.05) is 10.6 Å². The topological polar surface area (TPSA) is 106 Å². The fourth-order valence-corrected chi connectivity index (χ4v) is 3.85. The number of carbonyl (C=O) groups excluding carboxylic acids is 1. The first-order chi connectivity index (χ1) is 16.5. The zero-order valence-electron chi connectivity index (χ0n) is 18.5. The van der Waals surface area contributed by atoms with Crippen molar-refractivity contribution in [3.63, 3.8) is 0 Å². The fraction of sp³-hybridized carbons (Fsp3) is 0.174. The van der Waals surface area contributed by atoms with E-state index in [1.165, 1.54) is 7.11 Å². The summed E-state index contributed by atoms with van der Waals surface area (Å²) in [6.07, 6.45) is 1.64. The molecule has 0 spiro atoms. The van der Waals surface area contributed by atoms with E-state index >= 15 is 0 Å². The number of nitrogens with zero attached hydrogens (tertiary/aromatic N) is 6. The van der Waals surface area contributed by atoms with Gasteiger partial charge in [0.25, 0.3) is 0 Å². The van der Waals surface area contributed by atoms with E-state index in [-0.39, 0.29) is 6.42 Å². The van der Waals surface area contributed by atoms with Gasteiger partial charge in [0.1, 0.15) is 5.69 Å². The highest BCUT2D eigenvalue weighted by molar-refractivity contribution is 6.30. The van der Waals surface area contributed by atoms with Gasteiger partial charge in [-0.2, -0.15) is 14.7 Å². The van der Waals surface area contributed by atoms with Crippen molar-refractivity contribution in [1.82, 2.24) is 29.6 Å². The average Bonchev–Trinajstić information content (AvgIpc) is 3.45. The van der Waals surface area contributed by atoms with E-state index in [0.29, 0.717) is 39.0 Å². The van der Waals surface area contributed by atoms with Crippen molar-refractivity contribution in [3.05, 3.63) is 59.4 Å². The van der Waals surface area contributed by atoms with Crippen LogP contribution < -0.4 is 9.47 Å². The maximum Gasteiger partial charge on any atom is 0.311 e. The molecule has 0 N–H and O–H groups in total. The molecule has 0 saturated heterocycles. The van der Waals surface area contributed by atoms with E-state index in [0.717, 1.165) is 16.8 Å². The molecule has 34 heavy (non-hydrogen) atoms. The molecule has 0 aliphatic rings. The number of aromatic nitrogens is 6. The van der Waals surface area contributed by atoms with Gasteiger partial charge >= 0.3 is 5.97 Å². The van der Waals surface area contributed by atoms with Crippen molar-refractivity contribution in [3.8, 4) is 28.3 Å². The molecule has 0 radical (unpaired) electrons. The summed E-state index contributed by atoms with van der Waals surface area (Å²) in [4.78, 5) is 12.0. The number of hydrogen-bond acceptors (Lipinski definition) is 8. The number of esters is 1. The van der Waals surface area contributed by atoms with Gasteiger partial charge in [-0.15, -0.1) is 10.2 Å². The largest absolute Gasteiger partial charge is 0.493 e. The molecule has 5 rings (SSSR count). The van der Waals surface area contributed by atoms with Gasteiger partial charge in [0.2, 0.25) is 0 Å². The lowest BCUT2D eigenvalue weighted by atomic mass is 10.1. The molecule has 0 atom stereocenters. The van der Waals surface area contributed by atoms with E-state index in [9.17, 15) is 4.79 Å². The van der Waals surface area contributed by atoms with Crippen LogP contribution in [0.25, 0.3) is 33.6 Å². The Morgan fingerprint density at radius 2 is 1.76 bits per heavy atom. The number of methoxy groups -OCH3 is 3. The van der Waals surface area contributed by atoms with Crippen molar-refractivity contribution in [1.29, 1.82) is 0 Å². The van der Waals surface area contributed by atoms with Gasteiger partial charge in [0.05, 0.1) is 39.6 Å². The predicted molar refractivity (Wildman–Crippen MR) is 125 cm³/mol. The molecule has 0 bridgehead atoms. The Labute approximate surface area is 198 Å². The second kappa shape index (κ2) is 8.64. The van der Waals surface area contributed by atoms with Gasteiger partial charge in [-0.05, 0) is 42.0 Å². The van der Waals surface area contributed by atoms with Gasteiger partial charge in [-0.25, -0.2) is 4.68 Å². The first-order valence-electron chi connectivity index (χ1n) is 10.2. The molecule has 2 aromatic carbocycles. The molecule has 0 aliphatic heterocycles. The number of rotatable bonds is 6. The summed E-state index contributed by atoms with van der Waals surface area (Å²) in [5.74, 6) is 0.764. The lowest BCUT2D eigenvalue weighted by Gasteiger charge is -2.09. The van der Waals surface area contributed by atoms with Gasteiger partial charge in [-0.1, -0.05) is 17.7 Å². The Balaban J connectivity index is 1.75. The molecule has 0 unspecified atom stereocenters. The zero-order chi connectivity index (χ0) is 23.8. The SMILES string of the molecule is COC(=O)Cc1nn(-c2ccc(Cl)cc2)c2c1nnc1c(-c3ccc(OC)c(OC)c3)cnn12. The third-order valence-corrected chi connectivity index (χ3v) is 5.65. The van der Waals surface area contributed by atoms with Crippen molar-refractivity contribution in [2.24, 2.45) is 0 Å². The summed E-state index contributed by atoms with van der Waals surface area (Å²) >= 11 is 6.07. The quantitative estimate of drug-likeness (QED) is 0.341. The summed E-state index contributed by atoms with van der Waals surface area (Å²) < 4.78 is 18.9. The Bertz CT molecular complexity index is 1530. The number of benzene rings is 2. The number of hydrogen-bond donors (Lipinski definition) is 0. The molecule has 11 heteroatoms. The first-order valence-corrected chi connectivity index (χ1v) is 10.6. The highest BCUT2D eigenvalue weighted by atomic mass is 35.5. The van der Waals surface area contributed by atoms with E-state index in [1.54, 1.807) is 41.7 Å². The zero-order valence-corrected chi connectivity index (χ0v) is 19.3. The maximum atomic E-state index is 12.0. The van der Waals surface area contributed by atoms with E-state index in [2.05, 4.69) is 20.4 Å². The Hall–Kier alpha value is -4.18. The van der Waals surface area contributed by atoms with Crippen LogP contribution in [0.1, 0.15) is 5.69 Å². The van der Waals surface area contributed by atoms with Crippen LogP contribution in [-0.2, 0) is 16.0 Å². The molecule has 0 saturated carbocycles.